The van der Waals surface area contributed by atoms with Crippen LogP contribution in [0.1, 0.15) is 11.3 Å². The third-order valence-corrected chi connectivity index (χ3v) is 2.73. The monoisotopic (exact) mass is 278 g/mol. The molecule has 1 heterocycles. The van der Waals surface area contributed by atoms with Crippen molar-refractivity contribution in [1.82, 2.24) is 4.98 Å². The SMILES string of the molecule is Cc1cc([N+](=O)[O-])ccc1OCc1cccc(Cl)n1. The van der Waals surface area contributed by atoms with Gasteiger partial charge < -0.3 is 4.74 Å². The molecule has 2 rings (SSSR count). The molecule has 0 aliphatic heterocycles. The van der Waals surface area contributed by atoms with Crippen LogP contribution in [0.25, 0.3) is 0 Å². The highest BCUT2D eigenvalue weighted by atomic mass is 35.5. The van der Waals surface area contributed by atoms with Gasteiger partial charge in [-0.25, -0.2) is 4.98 Å². The molecule has 6 heteroatoms. The van der Waals surface area contributed by atoms with Gasteiger partial charge in [-0.1, -0.05) is 17.7 Å². The summed E-state index contributed by atoms with van der Waals surface area (Å²) in [5.41, 5.74) is 1.45. The van der Waals surface area contributed by atoms with Gasteiger partial charge >= 0.3 is 0 Å². The van der Waals surface area contributed by atoms with Gasteiger partial charge in [0.2, 0.25) is 0 Å². The van der Waals surface area contributed by atoms with Crippen molar-refractivity contribution in [3.63, 3.8) is 0 Å². The van der Waals surface area contributed by atoms with E-state index in [1.165, 1.54) is 12.1 Å². The number of benzene rings is 1. The van der Waals surface area contributed by atoms with Crippen LogP contribution in [0.3, 0.4) is 0 Å². The number of aryl methyl sites for hydroxylation is 1. The summed E-state index contributed by atoms with van der Waals surface area (Å²) in [7, 11) is 0. The second-order valence-corrected chi connectivity index (χ2v) is 4.33. The molecule has 0 saturated heterocycles. The maximum absolute atomic E-state index is 10.6. The maximum Gasteiger partial charge on any atom is 0.269 e. The molecule has 0 atom stereocenters. The van der Waals surface area contributed by atoms with Crippen LogP contribution in [0.4, 0.5) is 5.69 Å². The third-order valence-electron chi connectivity index (χ3n) is 2.52. The van der Waals surface area contributed by atoms with Crippen molar-refractivity contribution < 1.29 is 9.66 Å². The normalized spacial score (nSPS) is 10.2. The Morgan fingerprint density at radius 2 is 2.16 bits per heavy atom. The Morgan fingerprint density at radius 1 is 1.37 bits per heavy atom. The van der Waals surface area contributed by atoms with E-state index in [0.29, 0.717) is 22.2 Å². The number of nitro benzene ring substituents is 1. The third kappa shape index (κ3) is 3.42. The number of nitrogens with zero attached hydrogens (tertiary/aromatic N) is 2. The Labute approximate surface area is 115 Å². The lowest BCUT2D eigenvalue weighted by Crippen LogP contribution is -2.00. The molecule has 0 N–H and O–H groups in total. The summed E-state index contributed by atoms with van der Waals surface area (Å²) in [5, 5.41) is 11.0. The fraction of sp³-hybridized carbons (Fsp3) is 0.154. The average molecular weight is 279 g/mol. The number of nitro groups is 1. The van der Waals surface area contributed by atoms with Crippen molar-refractivity contribution in [2.24, 2.45) is 0 Å². The number of pyridine rings is 1. The van der Waals surface area contributed by atoms with E-state index in [1.807, 2.05) is 0 Å². The van der Waals surface area contributed by atoms with Gasteiger partial charge in [0.05, 0.1) is 10.6 Å². The van der Waals surface area contributed by atoms with Crippen molar-refractivity contribution in [1.29, 1.82) is 0 Å². The molecule has 0 radical (unpaired) electrons. The van der Waals surface area contributed by atoms with Gasteiger partial charge in [0.1, 0.15) is 17.5 Å². The van der Waals surface area contributed by atoms with E-state index < -0.39 is 4.92 Å². The molecule has 1 aromatic heterocycles. The van der Waals surface area contributed by atoms with E-state index in [0.717, 1.165) is 0 Å². The second kappa shape index (κ2) is 5.67. The fourth-order valence-corrected chi connectivity index (χ4v) is 1.77. The summed E-state index contributed by atoms with van der Waals surface area (Å²) in [4.78, 5) is 14.3. The molecular formula is C13H11ClN2O3. The first-order valence-electron chi connectivity index (χ1n) is 5.55. The first-order chi connectivity index (χ1) is 9.06. The lowest BCUT2D eigenvalue weighted by molar-refractivity contribution is -0.384. The zero-order valence-electron chi connectivity index (χ0n) is 10.2. The van der Waals surface area contributed by atoms with Crippen molar-refractivity contribution >= 4 is 17.3 Å². The first-order valence-corrected chi connectivity index (χ1v) is 5.93. The highest BCUT2D eigenvalue weighted by molar-refractivity contribution is 6.29. The van der Waals surface area contributed by atoms with E-state index >= 15 is 0 Å². The van der Waals surface area contributed by atoms with E-state index in [2.05, 4.69) is 4.98 Å². The number of hydrogen-bond acceptors (Lipinski definition) is 4. The number of hydrogen-bond donors (Lipinski definition) is 0. The fourth-order valence-electron chi connectivity index (χ4n) is 1.59. The standard InChI is InChI=1S/C13H11ClN2O3/c1-9-7-11(16(17)18)5-6-12(9)19-8-10-3-2-4-13(14)15-10/h2-7H,8H2,1H3. The van der Waals surface area contributed by atoms with Gasteiger partial charge in [-0.2, -0.15) is 0 Å². The Hall–Kier alpha value is -2.14. The number of ether oxygens (including phenoxy) is 1. The number of non-ortho nitro benzene ring substituents is 1. The van der Waals surface area contributed by atoms with Crippen molar-refractivity contribution in [3.8, 4) is 5.75 Å². The molecule has 0 aliphatic carbocycles. The molecule has 19 heavy (non-hydrogen) atoms. The first kappa shape index (κ1) is 13.3. The summed E-state index contributed by atoms with van der Waals surface area (Å²) in [6, 6.07) is 9.73. The Balaban J connectivity index is 2.10. The molecule has 0 amide bonds. The van der Waals surface area contributed by atoms with Gasteiger partial charge in [-0.3, -0.25) is 10.1 Å². The number of halogens is 1. The van der Waals surface area contributed by atoms with Gasteiger partial charge in [-0.15, -0.1) is 0 Å². The molecule has 0 aliphatic rings. The highest BCUT2D eigenvalue weighted by Gasteiger charge is 2.09. The molecular weight excluding hydrogens is 268 g/mol. The Morgan fingerprint density at radius 3 is 2.79 bits per heavy atom. The topological polar surface area (TPSA) is 65.3 Å². The zero-order valence-corrected chi connectivity index (χ0v) is 10.9. The Kier molecular flexibility index (Phi) is 3.97. The molecule has 0 saturated carbocycles. The summed E-state index contributed by atoms with van der Waals surface area (Å²) >= 11 is 5.77. The van der Waals surface area contributed by atoms with E-state index in [4.69, 9.17) is 16.3 Å². The van der Waals surface area contributed by atoms with Gasteiger partial charge in [0.25, 0.3) is 5.69 Å². The predicted octanol–water partition coefficient (Wildman–Crippen LogP) is 3.53. The van der Waals surface area contributed by atoms with Crippen molar-refractivity contribution in [2.45, 2.75) is 13.5 Å². The lowest BCUT2D eigenvalue weighted by atomic mass is 10.2. The number of rotatable bonds is 4. The van der Waals surface area contributed by atoms with Crippen molar-refractivity contribution in [2.75, 3.05) is 0 Å². The lowest BCUT2D eigenvalue weighted by Gasteiger charge is -2.08. The molecule has 5 nitrogen and oxygen atoms in total. The van der Waals surface area contributed by atoms with Crippen LogP contribution in [0.2, 0.25) is 5.15 Å². The van der Waals surface area contributed by atoms with Crippen LogP contribution in [-0.4, -0.2) is 9.91 Å². The molecule has 1 aromatic carbocycles. The smallest absolute Gasteiger partial charge is 0.269 e. The van der Waals surface area contributed by atoms with E-state index in [9.17, 15) is 10.1 Å². The number of aromatic nitrogens is 1. The molecule has 0 bridgehead atoms. The summed E-state index contributed by atoms with van der Waals surface area (Å²) in [6.07, 6.45) is 0. The minimum atomic E-state index is -0.435. The largest absolute Gasteiger partial charge is 0.487 e. The molecule has 98 valence electrons. The van der Waals surface area contributed by atoms with Crippen LogP contribution in [0.15, 0.2) is 36.4 Å². The quantitative estimate of drug-likeness (QED) is 0.487. The summed E-state index contributed by atoms with van der Waals surface area (Å²) < 4.78 is 5.57. The summed E-state index contributed by atoms with van der Waals surface area (Å²) in [6.45, 7) is 2.02. The zero-order chi connectivity index (χ0) is 13.8. The maximum atomic E-state index is 10.6. The van der Waals surface area contributed by atoms with Crippen LogP contribution < -0.4 is 4.74 Å². The predicted molar refractivity (Wildman–Crippen MR) is 71.4 cm³/mol. The minimum Gasteiger partial charge on any atom is -0.487 e. The van der Waals surface area contributed by atoms with Crippen LogP contribution >= 0.6 is 11.6 Å². The van der Waals surface area contributed by atoms with Gasteiger partial charge in [0, 0.05) is 12.1 Å². The molecule has 0 fully saturated rings. The summed E-state index contributed by atoms with van der Waals surface area (Å²) in [5.74, 6) is 0.590. The molecule has 2 aromatic rings. The van der Waals surface area contributed by atoms with Crippen LogP contribution in [0, 0.1) is 17.0 Å². The Bertz CT molecular complexity index is 617. The van der Waals surface area contributed by atoms with Crippen molar-refractivity contribution in [3.05, 3.63) is 62.9 Å². The minimum absolute atomic E-state index is 0.0470. The van der Waals surface area contributed by atoms with E-state index in [1.54, 1.807) is 31.2 Å². The second-order valence-electron chi connectivity index (χ2n) is 3.95. The molecule has 0 unspecified atom stereocenters. The van der Waals surface area contributed by atoms with E-state index in [-0.39, 0.29) is 12.3 Å². The van der Waals surface area contributed by atoms with Gasteiger partial charge in [0.15, 0.2) is 0 Å². The van der Waals surface area contributed by atoms with Crippen LogP contribution in [-0.2, 0) is 6.61 Å². The van der Waals surface area contributed by atoms with Gasteiger partial charge in [-0.05, 0) is 30.7 Å². The van der Waals surface area contributed by atoms with Crippen LogP contribution in [0.5, 0.6) is 5.75 Å². The highest BCUT2D eigenvalue weighted by Crippen LogP contribution is 2.23. The molecule has 0 spiro atoms. The average Bonchev–Trinajstić information content (AvgIpc) is 2.37.